The van der Waals surface area contributed by atoms with Gasteiger partial charge in [0.2, 0.25) is 0 Å². The predicted octanol–water partition coefficient (Wildman–Crippen LogP) is 5.09. The highest BCUT2D eigenvalue weighted by Gasteiger charge is 2.43. The summed E-state index contributed by atoms with van der Waals surface area (Å²) in [6, 6.07) is 2.41. The number of unbranched alkanes of at least 4 members (excludes halogenated alkanes) is 1. The largest absolute Gasteiger partial charge is 0.193 e. The minimum absolute atomic E-state index is 0.452. The van der Waals surface area contributed by atoms with E-state index in [1.54, 1.807) is 0 Å². The molecule has 0 heterocycles. The Morgan fingerprint density at radius 1 is 1.47 bits per heavy atom. The smallest absolute Gasteiger partial charge is 0.0943 e. The van der Waals surface area contributed by atoms with Crippen molar-refractivity contribution in [1.82, 2.24) is 0 Å². The molecule has 0 radical (unpaired) electrons. The second kappa shape index (κ2) is 6.24. The first-order chi connectivity index (χ1) is 8.03. The van der Waals surface area contributed by atoms with Gasteiger partial charge >= 0.3 is 0 Å². The molecule has 0 N–H and O–H groups in total. The zero-order chi connectivity index (χ0) is 12.9. The van der Waals surface area contributed by atoms with Crippen molar-refractivity contribution in [2.45, 2.75) is 66.2 Å². The van der Waals surface area contributed by atoms with Crippen molar-refractivity contribution < 1.29 is 0 Å². The lowest BCUT2D eigenvalue weighted by molar-refractivity contribution is 0.450. The van der Waals surface area contributed by atoms with Crippen molar-refractivity contribution >= 4 is 0 Å². The van der Waals surface area contributed by atoms with Crippen LogP contribution >= 0.6 is 0 Å². The monoisotopic (exact) mass is 233 g/mol. The van der Waals surface area contributed by atoms with Crippen molar-refractivity contribution in [2.75, 3.05) is 0 Å². The zero-order valence-electron chi connectivity index (χ0n) is 11.9. The van der Waals surface area contributed by atoms with Gasteiger partial charge in [-0.1, -0.05) is 59.5 Å². The molecule has 17 heavy (non-hydrogen) atoms. The highest BCUT2D eigenvalue weighted by molar-refractivity contribution is 5.25. The minimum Gasteiger partial charge on any atom is -0.193 e. The van der Waals surface area contributed by atoms with Crippen molar-refractivity contribution in [1.29, 1.82) is 5.26 Å². The van der Waals surface area contributed by atoms with Gasteiger partial charge in [0.1, 0.15) is 0 Å². The van der Waals surface area contributed by atoms with Crippen LogP contribution in [0.5, 0.6) is 0 Å². The molecule has 0 amide bonds. The van der Waals surface area contributed by atoms with Crippen LogP contribution in [-0.2, 0) is 0 Å². The van der Waals surface area contributed by atoms with Crippen LogP contribution in [0.1, 0.15) is 66.2 Å². The molecule has 0 aromatic rings. The van der Waals surface area contributed by atoms with Crippen molar-refractivity contribution in [3.05, 3.63) is 11.6 Å². The van der Waals surface area contributed by atoms with Gasteiger partial charge in [-0.15, -0.1) is 0 Å². The molecule has 1 rings (SSSR count). The van der Waals surface area contributed by atoms with Crippen molar-refractivity contribution in [3.8, 4) is 6.07 Å². The number of hydrogen-bond donors (Lipinski definition) is 0. The third kappa shape index (κ3) is 4.54. The fraction of sp³-hybridized carbons (Fsp3) is 0.812. The predicted molar refractivity (Wildman–Crippen MR) is 73.5 cm³/mol. The van der Waals surface area contributed by atoms with Crippen LogP contribution < -0.4 is 0 Å². The molecule has 0 spiro atoms. The van der Waals surface area contributed by atoms with E-state index in [2.05, 4.69) is 39.8 Å². The molecule has 1 aliphatic rings. The summed E-state index contributed by atoms with van der Waals surface area (Å²) in [6.07, 6.45) is 9.54. The summed E-state index contributed by atoms with van der Waals surface area (Å²) in [6.45, 7) is 9.06. The van der Waals surface area contributed by atoms with E-state index in [1.165, 1.54) is 32.1 Å². The molecule has 1 nitrogen and oxygen atoms in total. The fourth-order valence-electron chi connectivity index (χ4n) is 2.44. The molecule has 2 unspecified atom stereocenters. The van der Waals surface area contributed by atoms with E-state index in [4.69, 9.17) is 0 Å². The van der Waals surface area contributed by atoms with Crippen LogP contribution in [-0.4, -0.2) is 0 Å². The molecule has 0 saturated heterocycles. The Kier molecular flexibility index (Phi) is 5.25. The molecule has 1 heteroatoms. The molecule has 2 atom stereocenters. The van der Waals surface area contributed by atoms with Crippen LogP contribution in [0, 0.1) is 28.6 Å². The first kappa shape index (κ1) is 14.3. The summed E-state index contributed by atoms with van der Waals surface area (Å²) in [4.78, 5) is 0. The quantitative estimate of drug-likeness (QED) is 0.562. The number of rotatable bonds is 7. The molecule has 1 fully saturated rings. The molecule has 0 bridgehead atoms. The van der Waals surface area contributed by atoms with E-state index in [-0.39, 0.29) is 0 Å². The molecular formula is C16H27N. The van der Waals surface area contributed by atoms with Gasteiger partial charge in [0, 0.05) is 5.57 Å². The van der Waals surface area contributed by atoms with E-state index in [9.17, 15) is 5.26 Å². The summed E-state index contributed by atoms with van der Waals surface area (Å²) in [7, 11) is 0. The topological polar surface area (TPSA) is 23.8 Å². The van der Waals surface area contributed by atoms with Gasteiger partial charge < -0.3 is 0 Å². The van der Waals surface area contributed by atoms with E-state index < -0.39 is 0 Å². The van der Waals surface area contributed by atoms with Gasteiger partial charge in [0.25, 0.3) is 0 Å². The maximum Gasteiger partial charge on any atom is 0.0943 e. The number of nitrogens with zero attached hydrogens (tertiary/aromatic N) is 1. The molecular weight excluding hydrogens is 206 g/mol. The van der Waals surface area contributed by atoms with Crippen LogP contribution in [0.25, 0.3) is 0 Å². The van der Waals surface area contributed by atoms with Gasteiger partial charge in [-0.3, -0.25) is 0 Å². The SMILES string of the molecule is CCCCC(CC)CC(C#N)=CC1CC1(C)C. The van der Waals surface area contributed by atoms with E-state index in [0.717, 1.165) is 12.0 Å². The van der Waals surface area contributed by atoms with Crippen LogP contribution in [0.4, 0.5) is 0 Å². The lowest BCUT2D eigenvalue weighted by atomic mass is 9.91. The van der Waals surface area contributed by atoms with Gasteiger partial charge in [-0.2, -0.15) is 5.26 Å². The van der Waals surface area contributed by atoms with E-state index in [0.29, 0.717) is 17.3 Å². The highest BCUT2D eigenvalue weighted by Crippen LogP contribution is 2.53. The first-order valence-corrected chi connectivity index (χ1v) is 7.14. The molecule has 0 aromatic carbocycles. The third-order valence-electron chi connectivity index (χ3n) is 4.19. The Balaban J connectivity index is 2.48. The van der Waals surface area contributed by atoms with Gasteiger partial charge in [-0.25, -0.2) is 0 Å². The Morgan fingerprint density at radius 3 is 2.53 bits per heavy atom. The van der Waals surface area contributed by atoms with Crippen LogP contribution in [0.15, 0.2) is 11.6 Å². The molecule has 96 valence electrons. The summed E-state index contributed by atoms with van der Waals surface area (Å²) in [5.41, 5.74) is 1.48. The highest BCUT2D eigenvalue weighted by atomic mass is 14.5. The number of hydrogen-bond acceptors (Lipinski definition) is 1. The van der Waals surface area contributed by atoms with Crippen molar-refractivity contribution in [2.24, 2.45) is 17.3 Å². The molecule has 0 aliphatic heterocycles. The second-order valence-corrected chi connectivity index (χ2v) is 6.22. The lowest BCUT2D eigenvalue weighted by Gasteiger charge is -2.13. The Hall–Kier alpha value is -0.770. The van der Waals surface area contributed by atoms with E-state index >= 15 is 0 Å². The molecule has 1 aliphatic carbocycles. The normalized spacial score (nSPS) is 24.2. The van der Waals surface area contributed by atoms with Crippen LogP contribution in [0.3, 0.4) is 0 Å². The summed E-state index contributed by atoms with van der Waals surface area (Å²) in [5.74, 6) is 1.36. The first-order valence-electron chi connectivity index (χ1n) is 7.14. The van der Waals surface area contributed by atoms with Gasteiger partial charge in [-0.05, 0) is 30.1 Å². The summed E-state index contributed by atoms with van der Waals surface area (Å²) >= 11 is 0. The third-order valence-corrected chi connectivity index (χ3v) is 4.19. The average molecular weight is 233 g/mol. The molecule has 1 saturated carbocycles. The maximum absolute atomic E-state index is 9.22. The summed E-state index contributed by atoms with van der Waals surface area (Å²) in [5, 5.41) is 9.22. The van der Waals surface area contributed by atoms with E-state index in [1.807, 2.05) is 0 Å². The van der Waals surface area contributed by atoms with Crippen molar-refractivity contribution in [3.63, 3.8) is 0 Å². The number of nitriles is 1. The Morgan fingerprint density at radius 2 is 2.12 bits per heavy atom. The number of allylic oxidation sites excluding steroid dienone is 2. The zero-order valence-corrected chi connectivity index (χ0v) is 11.9. The average Bonchev–Trinajstić information content (AvgIpc) is 2.90. The van der Waals surface area contributed by atoms with Gasteiger partial charge in [0.15, 0.2) is 0 Å². The minimum atomic E-state index is 0.452. The Labute approximate surface area is 107 Å². The summed E-state index contributed by atoms with van der Waals surface area (Å²) < 4.78 is 0. The van der Waals surface area contributed by atoms with Crippen LogP contribution in [0.2, 0.25) is 0 Å². The fourth-order valence-corrected chi connectivity index (χ4v) is 2.44. The maximum atomic E-state index is 9.22. The lowest BCUT2D eigenvalue weighted by Crippen LogP contribution is -2.01. The molecule has 0 aromatic heterocycles. The standard InChI is InChI=1S/C16H27N/c1-5-7-8-13(6-2)9-14(12-17)10-15-11-16(15,3)4/h10,13,15H,5-9,11H2,1-4H3. The van der Waals surface area contributed by atoms with Gasteiger partial charge in [0.05, 0.1) is 6.07 Å². The second-order valence-electron chi connectivity index (χ2n) is 6.22. The Bertz CT molecular complexity index is 306.